The van der Waals surface area contributed by atoms with Gasteiger partial charge in [0.05, 0.1) is 18.1 Å². The quantitative estimate of drug-likeness (QED) is 0.432. The van der Waals surface area contributed by atoms with E-state index in [2.05, 4.69) is 0 Å². The summed E-state index contributed by atoms with van der Waals surface area (Å²) in [6, 6.07) is 15.8. The maximum Gasteiger partial charge on any atom is 0.297 e. The Morgan fingerprint density at radius 1 is 1.03 bits per heavy atom. The molecule has 1 fully saturated rings. The molecule has 2 aromatic rings. The molecule has 0 spiro atoms. The van der Waals surface area contributed by atoms with Gasteiger partial charge in [0, 0.05) is 14.2 Å². The first kappa shape index (κ1) is 23.8. The van der Waals surface area contributed by atoms with E-state index < -0.39 is 40.8 Å². The maximum absolute atomic E-state index is 12.5. The van der Waals surface area contributed by atoms with Crippen LogP contribution in [0.4, 0.5) is 0 Å². The van der Waals surface area contributed by atoms with Crippen molar-refractivity contribution < 1.29 is 36.7 Å². The molecule has 2 aromatic carbocycles. The summed E-state index contributed by atoms with van der Waals surface area (Å²) in [6.07, 6.45) is -4.48. The topological polar surface area (TPSA) is 101 Å². The molecule has 9 heteroatoms. The first-order valence-corrected chi connectivity index (χ1v) is 11.3. The molecule has 1 N–H and O–H groups in total. The van der Waals surface area contributed by atoms with Gasteiger partial charge in [-0.1, -0.05) is 48.0 Å². The Labute approximate surface area is 182 Å². The van der Waals surface area contributed by atoms with Gasteiger partial charge in [-0.15, -0.1) is 0 Å². The van der Waals surface area contributed by atoms with Gasteiger partial charge in [-0.05, 0) is 24.6 Å². The normalized spacial score (nSPS) is 24.0. The molecule has 0 amide bonds. The van der Waals surface area contributed by atoms with Crippen LogP contribution in [-0.2, 0) is 39.9 Å². The zero-order valence-electron chi connectivity index (χ0n) is 17.7. The lowest BCUT2D eigenvalue weighted by Crippen LogP contribution is -2.42. The van der Waals surface area contributed by atoms with Gasteiger partial charge in [-0.25, -0.2) is 0 Å². The van der Waals surface area contributed by atoms with Crippen LogP contribution >= 0.6 is 0 Å². The van der Waals surface area contributed by atoms with E-state index in [-0.39, 0.29) is 18.1 Å². The first-order valence-electron chi connectivity index (χ1n) is 9.86. The Kier molecular flexibility index (Phi) is 8.17. The maximum atomic E-state index is 12.5. The van der Waals surface area contributed by atoms with Gasteiger partial charge in [-0.3, -0.25) is 4.18 Å². The zero-order valence-corrected chi connectivity index (χ0v) is 18.5. The lowest BCUT2D eigenvalue weighted by atomic mass is 10.1. The largest absolute Gasteiger partial charge is 0.387 e. The predicted octanol–water partition coefficient (Wildman–Crippen LogP) is 2.03. The predicted molar refractivity (Wildman–Crippen MR) is 112 cm³/mol. The van der Waals surface area contributed by atoms with Crippen molar-refractivity contribution in [2.24, 2.45) is 0 Å². The van der Waals surface area contributed by atoms with E-state index in [1.54, 1.807) is 12.1 Å². The number of methoxy groups -OCH3 is 2. The summed E-state index contributed by atoms with van der Waals surface area (Å²) in [6.45, 7) is 1.72. The van der Waals surface area contributed by atoms with Crippen molar-refractivity contribution in [2.75, 3.05) is 20.8 Å². The number of ether oxygens (including phenoxy) is 4. The van der Waals surface area contributed by atoms with E-state index in [0.717, 1.165) is 11.1 Å². The van der Waals surface area contributed by atoms with Crippen LogP contribution in [0.25, 0.3) is 0 Å². The van der Waals surface area contributed by atoms with E-state index in [9.17, 15) is 13.5 Å². The van der Waals surface area contributed by atoms with Crippen molar-refractivity contribution in [2.45, 2.75) is 49.1 Å². The van der Waals surface area contributed by atoms with Gasteiger partial charge in [0.15, 0.2) is 6.29 Å². The summed E-state index contributed by atoms with van der Waals surface area (Å²) in [4.78, 5) is 0.0330. The molecule has 3 rings (SSSR count). The number of aliphatic hydroxyl groups excluding tert-OH is 1. The molecular weight excluding hydrogens is 424 g/mol. The number of aliphatic hydroxyl groups is 1. The Balaban J connectivity index is 1.69. The fourth-order valence-corrected chi connectivity index (χ4v) is 4.30. The van der Waals surface area contributed by atoms with E-state index in [4.69, 9.17) is 23.1 Å². The average molecular weight is 453 g/mol. The Hall–Kier alpha value is -1.85. The number of benzene rings is 2. The van der Waals surface area contributed by atoms with E-state index in [0.29, 0.717) is 0 Å². The van der Waals surface area contributed by atoms with Gasteiger partial charge >= 0.3 is 0 Å². The van der Waals surface area contributed by atoms with Crippen LogP contribution in [-0.4, -0.2) is 65.1 Å². The second-order valence-corrected chi connectivity index (χ2v) is 8.90. The highest BCUT2D eigenvalue weighted by molar-refractivity contribution is 7.86. The van der Waals surface area contributed by atoms with Gasteiger partial charge in [0.25, 0.3) is 10.1 Å². The second kappa shape index (κ2) is 10.6. The molecule has 0 saturated carbocycles. The molecule has 1 heterocycles. The Bertz CT molecular complexity index is 912. The average Bonchev–Trinajstić information content (AvgIpc) is 3.08. The standard InChI is InChI=1S/C22H28O8S/c1-15-9-11-17(12-10-15)31(24,25)29-14-18-19(23)20(21(30-18)22(26-2)27-3)28-13-16-7-5-4-6-8-16/h4-12,18-23H,13-14H2,1-3H3/t18-,19+,20-,21+/m0/s1. The van der Waals surface area contributed by atoms with Crippen molar-refractivity contribution >= 4 is 10.1 Å². The molecule has 170 valence electrons. The molecule has 1 aliphatic heterocycles. The van der Waals surface area contributed by atoms with E-state index in [1.807, 2.05) is 37.3 Å². The molecular formula is C22H28O8S. The van der Waals surface area contributed by atoms with Crippen LogP contribution in [0, 0.1) is 6.92 Å². The van der Waals surface area contributed by atoms with Crippen molar-refractivity contribution in [3.05, 3.63) is 65.7 Å². The summed E-state index contributed by atoms with van der Waals surface area (Å²) in [5, 5.41) is 10.8. The van der Waals surface area contributed by atoms with Crippen LogP contribution < -0.4 is 0 Å². The Morgan fingerprint density at radius 2 is 1.68 bits per heavy atom. The zero-order chi connectivity index (χ0) is 22.4. The van der Waals surface area contributed by atoms with Crippen molar-refractivity contribution in [3.63, 3.8) is 0 Å². The van der Waals surface area contributed by atoms with Gasteiger partial charge in [0.1, 0.15) is 24.4 Å². The highest BCUT2D eigenvalue weighted by Crippen LogP contribution is 2.29. The molecule has 0 aromatic heterocycles. The molecule has 1 aliphatic rings. The van der Waals surface area contributed by atoms with Crippen LogP contribution in [0.1, 0.15) is 11.1 Å². The van der Waals surface area contributed by atoms with Crippen molar-refractivity contribution in [3.8, 4) is 0 Å². The second-order valence-electron chi connectivity index (χ2n) is 7.28. The fourth-order valence-electron chi connectivity index (χ4n) is 3.38. The van der Waals surface area contributed by atoms with Gasteiger partial charge in [-0.2, -0.15) is 8.42 Å². The molecule has 31 heavy (non-hydrogen) atoms. The number of hydrogen-bond donors (Lipinski definition) is 1. The van der Waals surface area contributed by atoms with Crippen LogP contribution in [0.15, 0.2) is 59.5 Å². The Morgan fingerprint density at radius 3 is 2.29 bits per heavy atom. The minimum Gasteiger partial charge on any atom is -0.387 e. The molecule has 1 saturated heterocycles. The highest BCUT2D eigenvalue weighted by Gasteiger charge is 2.49. The van der Waals surface area contributed by atoms with Crippen LogP contribution in [0.5, 0.6) is 0 Å². The minimum absolute atomic E-state index is 0.0330. The lowest BCUT2D eigenvalue weighted by Gasteiger charge is -2.26. The summed E-state index contributed by atoms with van der Waals surface area (Å²) in [7, 11) is -1.11. The van der Waals surface area contributed by atoms with Gasteiger partial charge in [0.2, 0.25) is 0 Å². The van der Waals surface area contributed by atoms with E-state index in [1.165, 1.54) is 26.4 Å². The molecule has 4 atom stereocenters. The monoisotopic (exact) mass is 452 g/mol. The summed E-state index contributed by atoms with van der Waals surface area (Å²) in [5.74, 6) is 0. The highest BCUT2D eigenvalue weighted by atomic mass is 32.2. The lowest BCUT2D eigenvalue weighted by molar-refractivity contribution is -0.200. The van der Waals surface area contributed by atoms with Crippen molar-refractivity contribution in [1.82, 2.24) is 0 Å². The number of rotatable bonds is 10. The molecule has 8 nitrogen and oxygen atoms in total. The summed E-state index contributed by atoms with van der Waals surface area (Å²) >= 11 is 0. The summed E-state index contributed by atoms with van der Waals surface area (Å²) < 4.78 is 52.5. The number of hydrogen-bond acceptors (Lipinski definition) is 8. The van der Waals surface area contributed by atoms with Crippen molar-refractivity contribution in [1.29, 1.82) is 0 Å². The third-order valence-electron chi connectivity index (χ3n) is 5.09. The number of aryl methyl sites for hydroxylation is 1. The molecule has 0 bridgehead atoms. The first-order chi connectivity index (χ1) is 14.9. The SMILES string of the molecule is COC(OC)[C@@H]1O[C@@H](COS(=O)(=O)c2ccc(C)cc2)[C@@H](O)[C@@H]1OCc1ccccc1. The van der Waals surface area contributed by atoms with Crippen LogP contribution in [0.3, 0.4) is 0 Å². The van der Waals surface area contributed by atoms with Crippen LogP contribution in [0.2, 0.25) is 0 Å². The summed E-state index contributed by atoms with van der Waals surface area (Å²) in [5.41, 5.74) is 1.85. The van der Waals surface area contributed by atoms with E-state index >= 15 is 0 Å². The molecule has 0 unspecified atom stereocenters. The third-order valence-corrected chi connectivity index (χ3v) is 6.38. The fraction of sp³-hybridized carbons (Fsp3) is 0.455. The molecule has 0 radical (unpaired) electrons. The molecule has 0 aliphatic carbocycles. The third kappa shape index (κ3) is 5.89. The van der Waals surface area contributed by atoms with Gasteiger partial charge < -0.3 is 24.1 Å². The minimum atomic E-state index is -4.00. The smallest absolute Gasteiger partial charge is 0.297 e.